The third-order valence-corrected chi connectivity index (χ3v) is 4.91. The largest absolute Gasteiger partial charge is 0.344 e. The van der Waals surface area contributed by atoms with Crippen LogP contribution < -0.4 is 11.9 Å². The molecular formula is C23H28N2. The molecule has 0 aliphatic carbocycles. The highest BCUT2D eigenvalue weighted by molar-refractivity contribution is 5.52. The Morgan fingerprint density at radius 3 is 1.12 bits per heavy atom. The number of benzene rings is 3. The van der Waals surface area contributed by atoms with E-state index in [1.165, 1.54) is 16.7 Å². The molecule has 130 valence electrons. The Hall–Kier alpha value is -2.42. The number of rotatable bonds is 5. The van der Waals surface area contributed by atoms with Crippen molar-refractivity contribution in [2.24, 2.45) is 11.7 Å². The quantitative estimate of drug-likeness (QED) is 0.633. The average molecular weight is 332 g/mol. The molecule has 1 atom stereocenters. The van der Waals surface area contributed by atoms with Gasteiger partial charge in [-0.15, -0.1) is 0 Å². The van der Waals surface area contributed by atoms with Gasteiger partial charge in [0.05, 0.1) is 5.41 Å². The smallest absolute Gasteiger partial charge is 0.0604 e. The fraction of sp³-hybridized carbons (Fsp3) is 0.217. The summed E-state index contributed by atoms with van der Waals surface area (Å²) >= 11 is 0. The molecule has 3 aromatic rings. The lowest BCUT2D eigenvalue weighted by Gasteiger charge is -2.43. The lowest BCUT2D eigenvalue weighted by atomic mass is 9.62. The molecular weight excluding hydrogens is 304 g/mol. The van der Waals surface area contributed by atoms with Crippen LogP contribution in [-0.2, 0) is 5.41 Å². The van der Waals surface area contributed by atoms with Crippen LogP contribution in [0.5, 0.6) is 0 Å². The molecule has 5 N–H and O–H groups in total. The van der Waals surface area contributed by atoms with E-state index in [4.69, 9.17) is 5.73 Å². The van der Waals surface area contributed by atoms with Gasteiger partial charge < -0.3 is 11.9 Å². The summed E-state index contributed by atoms with van der Waals surface area (Å²) < 4.78 is 0. The third kappa shape index (κ3) is 3.37. The molecule has 0 radical (unpaired) electrons. The minimum atomic E-state index is -0.363. The minimum Gasteiger partial charge on any atom is -0.344 e. The van der Waals surface area contributed by atoms with Crippen molar-refractivity contribution >= 4 is 0 Å². The number of nitrogens with two attached hydrogens (primary N) is 1. The zero-order valence-corrected chi connectivity index (χ0v) is 15.1. The zero-order chi connectivity index (χ0) is 17.0. The molecule has 3 aromatic carbocycles. The normalized spacial score (nSPS) is 12.5. The summed E-state index contributed by atoms with van der Waals surface area (Å²) in [7, 11) is 0. The van der Waals surface area contributed by atoms with Gasteiger partial charge in [0.2, 0.25) is 0 Å². The van der Waals surface area contributed by atoms with Gasteiger partial charge in [-0.2, -0.15) is 0 Å². The molecule has 0 heterocycles. The maximum absolute atomic E-state index is 6.89. The maximum atomic E-state index is 6.89. The fourth-order valence-corrected chi connectivity index (χ4v) is 3.68. The highest BCUT2D eigenvalue weighted by Gasteiger charge is 2.42. The van der Waals surface area contributed by atoms with Crippen LogP contribution in [0.2, 0.25) is 0 Å². The first kappa shape index (κ1) is 18.9. The van der Waals surface area contributed by atoms with E-state index in [0.29, 0.717) is 5.92 Å². The van der Waals surface area contributed by atoms with Crippen LogP contribution >= 0.6 is 0 Å². The number of hydrogen-bond acceptors (Lipinski definition) is 2. The Kier molecular flexibility index (Phi) is 6.13. The molecule has 0 spiro atoms. The molecule has 0 saturated carbocycles. The molecule has 0 saturated heterocycles. The van der Waals surface area contributed by atoms with Crippen molar-refractivity contribution in [3.63, 3.8) is 0 Å². The van der Waals surface area contributed by atoms with Crippen LogP contribution in [-0.4, -0.2) is 6.04 Å². The standard InChI is InChI=1S/C23H25N.H3N/c1-18(2)22(24)23(19-12-6-3-7-13-19,20-14-8-4-9-15-20)21-16-10-5-11-17-21;/h3-18,22H,24H2,1-2H3;1H3. The van der Waals surface area contributed by atoms with Gasteiger partial charge in [0.1, 0.15) is 0 Å². The zero-order valence-electron chi connectivity index (χ0n) is 15.1. The molecule has 0 amide bonds. The van der Waals surface area contributed by atoms with Crippen LogP contribution in [0, 0.1) is 5.92 Å². The van der Waals surface area contributed by atoms with Crippen LogP contribution in [0.4, 0.5) is 0 Å². The highest BCUT2D eigenvalue weighted by Crippen LogP contribution is 2.43. The Balaban J connectivity index is 0.00000225. The molecule has 1 unspecified atom stereocenters. The summed E-state index contributed by atoms with van der Waals surface area (Å²) in [5, 5.41) is 0. The summed E-state index contributed by atoms with van der Waals surface area (Å²) in [6.45, 7) is 4.41. The van der Waals surface area contributed by atoms with Crippen LogP contribution in [0.3, 0.4) is 0 Å². The van der Waals surface area contributed by atoms with Crippen molar-refractivity contribution in [3.05, 3.63) is 108 Å². The molecule has 2 heteroatoms. The Labute approximate surface area is 151 Å². The second-order valence-electron chi connectivity index (χ2n) is 6.68. The molecule has 0 aliphatic heterocycles. The molecule has 2 nitrogen and oxygen atoms in total. The van der Waals surface area contributed by atoms with E-state index in [9.17, 15) is 0 Å². The lowest BCUT2D eigenvalue weighted by molar-refractivity contribution is 0.375. The lowest BCUT2D eigenvalue weighted by Crippen LogP contribution is -2.50. The van der Waals surface area contributed by atoms with E-state index in [-0.39, 0.29) is 17.6 Å². The molecule has 0 aromatic heterocycles. The van der Waals surface area contributed by atoms with Gasteiger partial charge in [-0.25, -0.2) is 0 Å². The van der Waals surface area contributed by atoms with Crippen molar-refractivity contribution in [2.75, 3.05) is 0 Å². The van der Waals surface area contributed by atoms with Crippen molar-refractivity contribution in [1.29, 1.82) is 0 Å². The molecule has 0 fully saturated rings. The van der Waals surface area contributed by atoms with E-state index < -0.39 is 0 Å². The van der Waals surface area contributed by atoms with Gasteiger partial charge in [0.25, 0.3) is 0 Å². The van der Waals surface area contributed by atoms with Crippen molar-refractivity contribution < 1.29 is 0 Å². The summed E-state index contributed by atoms with van der Waals surface area (Å²) in [6.07, 6.45) is 0. The SMILES string of the molecule is CC(C)C(N)C(c1ccccc1)(c1ccccc1)c1ccccc1.N. The van der Waals surface area contributed by atoms with E-state index in [0.717, 1.165) is 0 Å². The maximum Gasteiger partial charge on any atom is 0.0604 e. The first-order chi connectivity index (χ1) is 11.7. The third-order valence-electron chi connectivity index (χ3n) is 4.91. The summed E-state index contributed by atoms with van der Waals surface area (Å²) in [4.78, 5) is 0. The van der Waals surface area contributed by atoms with E-state index in [2.05, 4.69) is 105 Å². The highest BCUT2D eigenvalue weighted by atomic mass is 14.7. The van der Waals surface area contributed by atoms with Crippen LogP contribution in [0.1, 0.15) is 30.5 Å². The summed E-state index contributed by atoms with van der Waals surface area (Å²) in [5.41, 5.74) is 10.2. The van der Waals surface area contributed by atoms with Crippen molar-refractivity contribution in [3.8, 4) is 0 Å². The monoisotopic (exact) mass is 332 g/mol. The Morgan fingerprint density at radius 2 is 0.880 bits per heavy atom. The van der Waals surface area contributed by atoms with Crippen molar-refractivity contribution in [1.82, 2.24) is 6.15 Å². The summed E-state index contributed by atoms with van der Waals surface area (Å²) in [5.74, 6) is 0.339. The Morgan fingerprint density at radius 1 is 0.600 bits per heavy atom. The molecule has 0 aliphatic rings. The van der Waals surface area contributed by atoms with Gasteiger partial charge in [0, 0.05) is 6.04 Å². The van der Waals surface area contributed by atoms with Gasteiger partial charge in [-0.3, -0.25) is 0 Å². The fourth-order valence-electron chi connectivity index (χ4n) is 3.68. The predicted octanol–water partition coefficient (Wildman–Crippen LogP) is 5.17. The van der Waals surface area contributed by atoms with Gasteiger partial charge in [0.15, 0.2) is 0 Å². The topological polar surface area (TPSA) is 61.0 Å². The van der Waals surface area contributed by atoms with E-state index in [1.54, 1.807) is 0 Å². The van der Waals surface area contributed by atoms with Crippen molar-refractivity contribution in [2.45, 2.75) is 25.3 Å². The van der Waals surface area contributed by atoms with E-state index in [1.807, 2.05) is 0 Å². The van der Waals surface area contributed by atoms with Crippen LogP contribution in [0.15, 0.2) is 91.0 Å². The second-order valence-corrected chi connectivity index (χ2v) is 6.68. The molecule has 3 rings (SSSR count). The van der Waals surface area contributed by atoms with Gasteiger partial charge >= 0.3 is 0 Å². The number of hydrogen-bond donors (Lipinski definition) is 2. The molecule has 25 heavy (non-hydrogen) atoms. The Bertz CT molecular complexity index is 655. The average Bonchev–Trinajstić information content (AvgIpc) is 2.65. The first-order valence-electron chi connectivity index (χ1n) is 8.59. The van der Waals surface area contributed by atoms with Crippen LogP contribution in [0.25, 0.3) is 0 Å². The predicted molar refractivity (Wildman–Crippen MR) is 107 cm³/mol. The summed E-state index contributed by atoms with van der Waals surface area (Å²) in [6, 6.07) is 31.9. The van der Waals surface area contributed by atoms with Gasteiger partial charge in [-0.1, -0.05) is 105 Å². The minimum absolute atomic E-state index is 0. The second kappa shape index (κ2) is 8.11. The first-order valence-corrected chi connectivity index (χ1v) is 8.59. The molecule has 0 bridgehead atoms. The van der Waals surface area contributed by atoms with Gasteiger partial charge in [-0.05, 0) is 22.6 Å². The van der Waals surface area contributed by atoms with E-state index >= 15 is 0 Å².